The molecule has 2 N–H and O–H groups in total. The van der Waals surface area contributed by atoms with Gasteiger partial charge >= 0.3 is 5.97 Å². The predicted molar refractivity (Wildman–Crippen MR) is 88.3 cm³/mol. The summed E-state index contributed by atoms with van der Waals surface area (Å²) in [5.41, 5.74) is 2.13. The minimum atomic E-state index is -0.396. The van der Waals surface area contributed by atoms with Crippen LogP contribution in [0.2, 0.25) is 0 Å². The molecule has 0 aliphatic heterocycles. The van der Waals surface area contributed by atoms with E-state index in [1.54, 1.807) is 13.0 Å². The highest BCUT2D eigenvalue weighted by molar-refractivity contribution is 5.97. The van der Waals surface area contributed by atoms with E-state index in [0.29, 0.717) is 23.8 Å². The van der Waals surface area contributed by atoms with Gasteiger partial charge in [0, 0.05) is 6.04 Å². The zero-order chi connectivity index (χ0) is 16.2. The van der Waals surface area contributed by atoms with Crippen molar-refractivity contribution in [2.45, 2.75) is 19.9 Å². The fourth-order valence-electron chi connectivity index (χ4n) is 2.40. The number of nitrogens with one attached hydrogen (secondary N) is 2. The van der Waals surface area contributed by atoms with Gasteiger partial charge in [-0.1, -0.05) is 30.3 Å². The Morgan fingerprint density at radius 3 is 2.83 bits per heavy atom. The van der Waals surface area contributed by atoms with E-state index in [0.717, 1.165) is 10.9 Å². The Morgan fingerprint density at radius 1 is 1.30 bits per heavy atom. The number of ether oxygens (including phenoxy) is 1. The van der Waals surface area contributed by atoms with Gasteiger partial charge in [-0.05, 0) is 25.5 Å². The number of nitrogens with zero attached hydrogens (tertiary/aromatic N) is 2. The van der Waals surface area contributed by atoms with Gasteiger partial charge in [-0.2, -0.15) is 0 Å². The fourth-order valence-corrected chi connectivity index (χ4v) is 2.40. The van der Waals surface area contributed by atoms with Crippen LogP contribution in [0.25, 0.3) is 11.0 Å². The van der Waals surface area contributed by atoms with Crippen molar-refractivity contribution in [3.05, 3.63) is 54.0 Å². The van der Waals surface area contributed by atoms with Crippen molar-refractivity contribution in [1.82, 2.24) is 15.0 Å². The zero-order valence-electron chi connectivity index (χ0n) is 13.0. The highest BCUT2D eigenvalue weighted by Crippen LogP contribution is 2.24. The van der Waals surface area contributed by atoms with Crippen LogP contribution in [0.1, 0.15) is 35.9 Å². The number of esters is 1. The van der Waals surface area contributed by atoms with Crippen molar-refractivity contribution >= 4 is 22.8 Å². The largest absolute Gasteiger partial charge is 0.461 e. The highest BCUT2D eigenvalue weighted by Gasteiger charge is 2.15. The lowest BCUT2D eigenvalue weighted by atomic mass is 10.1. The van der Waals surface area contributed by atoms with Crippen LogP contribution in [0.15, 0.2) is 42.7 Å². The summed E-state index contributed by atoms with van der Waals surface area (Å²) in [6.07, 6.45) is 1.47. The van der Waals surface area contributed by atoms with E-state index in [1.807, 2.05) is 18.2 Å². The molecule has 0 radical (unpaired) electrons. The van der Waals surface area contributed by atoms with E-state index in [4.69, 9.17) is 4.74 Å². The molecule has 1 unspecified atom stereocenters. The molecule has 1 atom stereocenters. The maximum Gasteiger partial charge on any atom is 0.354 e. The lowest BCUT2D eigenvalue weighted by molar-refractivity contribution is 0.0520. The minimum absolute atomic E-state index is 0.0789. The van der Waals surface area contributed by atoms with E-state index in [2.05, 4.69) is 39.3 Å². The summed E-state index contributed by atoms with van der Waals surface area (Å²) in [6, 6.07) is 11.9. The zero-order valence-corrected chi connectivity index (χ0v) is 13.0. The Bertz CT molecular complexity index is 814. The lowest BCUT2D eigenvalue weighted by Gasteiger charge is -2.15. The number of H-pyrrole nitrogens is 1. The monoisotopic (exact) mass is 310 g/mol. The molecule has 1 aromatic carbocycles. The van der Waals surface area contributed by atoms with Crippen LogP contribution >= 0.6 is 0 Å². The van der Waals surface area contributed by atoms with Gasteiger partial charge in [0.2, 0.25) is 0 Å². The van der Waals surface area contributed by atoms with Crippen LogP contribution in [0.3, 0.4) is 0 Å². The fraction of sp³-hybridized carbons (Fsp3) is 0.235. The number of rotatable bonds is 5. The second-order valence-electron chi connectivity index (χ2n) is 5.16. The molecule has 0 amide bonds. The summed E-state index contributed by atoms with van der Waals surface area (Å²) in [6.45, 7) is 4.16. The third kappa shape index (κ3) is 3.15. The van der Waals surface area contributed by atoms with Gasteiger partial charge in [0.1, 0.15) is 23.5 Å². The van der Waals surface area contributed by atoms with Crippen LogP contribution in [-0.2, 0) is 4.74 Å². The molecule has 0 aliphatic rings. The molecule has 2 heterocycles. The number of hydrogen-bond donors (Lipinski definition) is 2. The topological polar surface area (TPSA) is 79.9 Å². The third-order valence-corrected chi connectivity index (χ3v) is 3.57. The normalized spacial score (nSPS) is 12.1. The Morgan fingerprint density at radius 2 is 2.09 bits per heavy atom. The number of carbonyl (C=O) groups excluding carboxylic acids is 1. The van der Waals surface area contributed by atoms with Gasteiger partial charge in [-0.3, -0.25) is 0 Å². The number of hydrogen-bond acceptors (Lipinski definition) is 5. The molecule has 0 fully saturated rings. The van der Waals surface area contributed by atoms with Gasteiger partial charge < -0.3 is 15.0 Å². The Labute approximate surface area is 133 Å². The molecule has 6 nitrogen and oxygen atoms in total. The predicted octanol–water partition coefficient (Wildman–Crippen LogP) is 3.31. The molecule has 2 aromatic heterocycles. The Balaban J connectivity index is 1.90. The van der Waals surface area contributed by atoms with Crippen molar-refractivity contribution in [1.29, 1.82) is 0 Å². The maximum absolute atomic E-state index is 11.8. The number of aromatic nitrogens is 3. The van der Waals surface area contributed by atoms with Crippen molar-refractivity contribution in [3.63, 3.8) is 0 Å². The summed E-state index contributed by atoms with van der Waals surface area (Å²) in [7, 11) is 0. The van der Waals surface area contributed by atoms with Crippen molar-refractivity contribution in [2.24, 2.45) is 0 Å². The summed E-state index contributed by atoms with van der Waals surface area (Å²) < 4.78 is 5.01. The van der Waals surface area contributed by atoms with Gasteiger partial charge in [-0.15, -0.1) is 0 Å². The highest BCUT2D eigenvalue weighted by atomic mass is 16.5. The van der Waals surface area contributed by atoms with Gasteiger partial charge in [-0.25, -0.2) is 14.8 Å². The Kier molecular flexibility index (Phi) is 4.23. The molecule has 118 valence electrons. The summed E-state index contributed by atoms with van der Waals surface area (Å²) in [4.78, 5) is 23.3. The van der Waals surface area contributed by atoms with Gasteiger partial charge in [0.15, 0.2) is 0 Å². The van der Waals surface area contributed by atoms with Crippen LogP contribution in [0, 0.1) is 0 Å². The van der Waals surface area contributed by atoms with Gasteiger partial charge in [0.05, 0.1) is 12.0 Å². The average Bonchev–Trinajstić information content (AvgIpc) is 3.01. The maximum atomic E-state index is 11.8. The number of aromatic amines is 1. The summed E-state index contributed by atoms with van der Waals surface area (Å²) in [5, 5.41) is 4.12. The number of benzene rings is 1. The first kappa shape index (κ1) is 15.0. The Hall–Kier alpha value is -2.89. The van der Waals surface area contributed by atoms with Crippen LogP contribution < -0.4 is 5.32 Å². The molecule has 6 heteroatoms. The molecule has 3 rings (SSSR count). The molecular weight excluding hydrogens is 292 g/mol. The van der Waals surface area contributed by atoms with Crippen LogP contribution in [0.4, 0.5) is 5.82 Å². The molecule has 0 saturated heterocycles. The van der Waals surface area contributed by atoms with E-state index in [9.17, 15) is 4.79 Å². The van der Waals surface area contributed by atoms with Crippen LogP contribution in [0.5, 0.6) is 0 Å². The van der Waals surface area contributed by atoms with Crippen LogP contribution in [-0.4, -0.2) is 27.5 Å². The average molecular weight is 310 g/mol. The van der Waals surface area contributed by atoms with Crippen molar-refractivity contribution in [2.75, 3.05) is 11.9 Å². The second kappa shape index (κ2) is 6.48. The molecule has 0 spiro atoms. The van der Waals surface area contributed by atoms with Crippen molar-refractivity contribution in [3.8, 4) is 0 Å². The molecule has 0 bridgehead atoms. The molecule has 3 aromatic rings. The smallest absolute Gasteiger partial charge is 0.354 e. The molecular formula is C17H18N4O2. The standard InChI is InChI=1S/C17H18N4O2/c1-3-23-17(22)14-9-13-15(18-10-19-16(13)21-14)20-11(2)12-7-5-4-6-8-12/h4-11H,3H2,1-2H3,(H2,18,19,20,21). The van der Waals surface area contributed by atoms with E-state index in [-0.39, 0.29) is 6.04 Å². The minimum Gasteiger partial charge on any atom is -0.461 e. The van der Waals surface area contributed by atoms with E-state index in [1.165, 1.54) is 6.33 Å². The molecule has 23 heavy (non-hydrogen) atoms. The first-order valence-electron chi connectivity index (χ1n) is 7.51. The second-order valence-corrected chi connectivity index (χ2v) is 5.16. The third-order valence-electron chi connectivity index (χ3n) is 3.57. The SMILES string of the molecule is CCOC(=O)c1cc2c(NC(C)c3ccccc3)ncnc2[nH]1. The quantitative estimate of drug-likeness (QED) is 0.707. The summed E-state index contributed by atoms with van der Waals surface area (Å²) >= 11 is 0. The lowest BCUT2D eigenvalue weighted by Crippen LogP contribution is -2.08. The first-order chi connectivity index (χ1) is 11.2. The number of carbonyl (C=O) groups is 1. The molecule has 0 saturated carbocycles. The first-order valence-corrected chi connectivity index (χ1v) is 7.51. The van der Waals surface area contributed by atoms with E-state index >= 15 is 0 Å². The van der Waals surface area contributed by atoms with Gasteiger partial charge in [0.25, 0.3) is 0 Å². The number of anilines is 1. The molecule has 0 aliphatic carbocycles. The van der Waals surface area contributed by atoms with Crippen molar-refractivity contribution < 1.29 is 9.53 Å². The summed E-state index contributed by atoms with van der Waals surface area (Å²) in [5.74, 6) is 0.283. The number of fused-ring (bicyclic) bond motifs is 1. The van der Waals surface area contributed by atoms with E-state index < -0.39 is 5.97 Å².